The highest BCUT2D eigenvalue weighted by Gasteiger charge is 2.22. The number of fused-ring (bicyclic) bond motifs is 4. The Bertz CT molecular complexity index is 1070. The predicted molar refractivity (Wildman–Crippen MR) is 98.3 cm³/mol. The van der Waals surface area contributed by atoms with Gasteiger partial charge in [0.15, 0.2) is 0 Å². The van der Waals surface area contributed by atoms with Crippen LogP contribution in [0.4, 0.5) is 0 Å². The van der Waals surface area contributed by atoms with E-state index in [0.29, 0.717) is 0 Å². The zero-order valence-corrected chi connectivity index (χ0v) is 13.8. The number of pyridine rings is 1. The first-order valence-corrected chi connectivity index (χ1v) is 8.71. The van der Waals surface area contributed by atoms with Crippen molar-refractivity contribution < 1.29 is 4.42 Å². The maximum atomic E-state index is 6.37. The summed E-state index contributed by atoms with van der Waals surface area (Å²) in [4.78, 5) is 4.70. The molecule has 1 aliphatic carbocycles. The van der Waals surface area contributed by atoms with Crippen LogP contribution in [0.2, 0.25) is 0 Å². The molecule has 0 radical (unpaired) electrons. The molecule has 0 spiro atoms. The fourth-order valence-electron chi connectivity index (χ4n) is 4.06. The fourth-order valence-corrected chi connectivity index (χ4v) is 4.06. The molecule has 0 saturated carbocycles. The van der Waals surface area contributed by atoms with Gasteiger partial charge in [-0.25, -0.2) is 0 Å². The van der Waals surface area contributed by atoms with E-state index in [1.165, 1.54) is 45.9 Å². The SMILES string of the molecule is Cc1ccc(-c2nccc3ccccc23)c2oc3c(c12)CCCC3. The van der Waals surface area contributed by atoms with Gasteiger partial charge in [-0.3, -0.25) is 4.98 Å². The van der Waals surface area contributed by atoms with E-state index >= 15 is 0 Å². The lowest BCUT2D eigenvalue weighted by molar-refractivity contribution is 0.506. The fraction of sp³-hybridized carbons (Fsp3) is 0.227. The largest absolute Gasteiger partial charge is 0.460 e. The Hall–Kier alpha value is -2.61. The Morgan fingerprint density at radius 1 is 0.958 bits per heavy atom. The van der Waals surface area contributed by atoms with Crippen molar-refractivity contribution in [1.29, 1.82) is 0 Å². The van der Waals surface area contributed by atoms with E-state index in [-0.39, 0.29) is 0 Å². The van der Waals surface area contributed by atoms with Crippen molar-refractivity contribution in [1.82, 2.24) is 4.98 Å². The first-order chi connectivity index (χ1) is 11.8. The lowest BCUT2D eigenvalue weighted by Crippen LogP contribution is -1.99. The number of hydrogen-bond donors (Lipinski definition) is 0. The summed E-state index contributed by atoms with van der Waals surface area (Å²) < 4.78 is 6.37. The third kappa shape index (κ3) is 1.92. The molecule has 5 rings (SSSR count). The molecule has 0 bridgehead atoms. The van der Waals surface area contributed by atoms with E-state index < -0.39 is 0 Å². The molecule has 4 aromatic rings. The smallest absolute Gasteiger partial charge is 0.144 e. The van der Waals surface area contributed by atoms with E-state index in [0.717, 1.165) is 29.7 Å². The maximum absolute atomic E-state index is 6.37. The molecule has 0 fully saturated rings. The van der Waals surface area contributed by atoms with Crippen LogP contribution in [0, 0.1) is 6.92 Å². The van der Waals surface area contributed by atoms with Crippen LogP contribution in [-0.4, -0.2) is 4.98 Å². The number of hydrogen-bond acceptors (Lipinski definition) is 2. The van der Waals surface area contributed by atoms with Gasteiger partial charge in [0.05, 0.1) is 5.69 Å². The molecule has 2 heteroatoms. The van der Waals surface area contributed by atoms with Gasteiger partial charge in [-0.2, -0.15) is 0 Å². The number of aryl methyl sites for hydroxylation is 3. The number of furan rings is 1. The van der Waals surface area contributed by atoms with Crippen molar-refractivity contribution >= 4 is 21.7 Å². The van der Waals surface area contributed by atoms with E-state index in [1.807, 2.05) is 6.20 Å². The van der Waals surface area contributed by atoms with Crippen LogP contribution in [0.5, 0.6) is 0 Å². The standard InChI is InChI=1S/C22H19NO/c1-14-10-11-18(21-16-7-3-2-6-15(16)12-13-23-21)22-20(14)17-8-4-5-9-19(17)24-22/h2-3,6-7,10-13H,4-5,8-9H2,1H3. The summed E-state index contributed by atoms with van der Waals surface area (Å²) in [6.07, 6.45) is 6.58. The Morgan fingerprint density at radius 3 is 2.79 bits per heavy atom. The Kier molecular flexibility index (Phi) is 2.99. The van der Waals surface area contributed by atoms with Crippen molar-refractivity contribution in [2.45, 2.75) is 32.6 Å². The molecule has 2 nitrogen and oxygen atoms in total. The van der Waals surface area contributed by atoms with Gasteiger partial charge in [-0.1, -0.05) is 30.3 Å². The number of aromatic nitrogens is 1. The van der Waals surface area contributed by atoms with E-state index in [1.54, 1.807) is 0 Å². The first kappa shape index (κ1) is 13.8. The molecule has 2 aromatic carbocycles. The summed E-state index contributed by atoms with van der Waals surface area (Å²) in [6.45, 7) is 2.19. The molecule has 0 aliphatic heterocycles. The van der Waals surface area contributed by atoms with Gasteiger partial charge in [0.25, 0.3) is 0 Å². The van der Waals surface area contributed by atoms with Crippen LogP contribution in [0.1, 0.15) is 29.7 Å². The third-order valence-corrected chi connectivity index (χ3v) is 5.24. The summed E-state index contributed by atoms with van der Waals surface area (Å²) in [6, 6.07) is 14.9. The zero-order chi connectivity index (χ0) is 16.1. The molecule has 0 unspecified atom stereocenters. The van der Waals surface area contributed by atoms with Gasteiger partial charge < -0.3 is 4.42 Å². The Labute approximate surface area is 141 Å². The maximum Gasteiger partial charge on any atom is 0.144 e. The molecular formula is C22H19NO. The quantitative estimate of drug-likeness (QED) is 0.441. The van der Waals surface area contributed by atoms with Gasteiger partial charge in [0, 0.05) is 34.5 Å². The Morgan fingerprint density at radius 2 is 1.83 bits per heavy atom. The highest BCUT2D eigenvalue weighted by Crippen LogP contribution is 2.40. The molecule has 0 amide bonds. The highest BCUT2D eigenvalue weighted by atomic mass is 16.3. The van der Waals surface area contributed by atoms with E-state index in [4.69, 9.17) is 9.40 Å². The van der Waals surface area contributed by atoms with Gasteiger partial charge >= 0.3 is 0 Å². The van der Waals surface area contributed by atoms with Crippen LogP contribution in [-0.2, 0) is 12.8 Å². The van der Waals surface area contributed by atoms with Gasteiger partial charge in [0.1, 0.15) is 11.3 Å². The van der Waals surface area contributed by atoms with Crippen molar-refractivity contribution in [3.05, 3.63) is 65.5 Å². The molecular weight excluding hydrogens is 294 g/mol. The first-order valence-electron chi connectivity index (χ1n) is 8.71. The number of benzene rings is 2. The van der Waals surface area contributed by atoms with Crippen molar-refractivity contribution in [3.63, 3.8) is 0 Å². The second-order valence-electron chi connectivity index (χ2n) is 6.73. The van der Waals surface area contributed by atoms with Crippen LogP contribution >= 0.6 is 0 Å². The van der Waals surface area contributed by atoms with Crippen molar-refractivity contribution in [3.8, 4) is 11.3 Å². The van der Waals surface area contributed by atoms with E-state index in [2.05, 4.69) is 49.4 Å². The predicted octanol–water partition coefficient (Wildman–Crippen LogP) is 5.84. The topological polar surface area (TPSA) is 26.0 Å². The third-order valence-electron chi connectivity index (χ3n) is 5.24. The van der Waals surface area contributed by atoms with Gasteiger partial charge in [-0.05, 0) is 49.3 Å². The van der Waals surface area contributed by atoms with Crippen molar-refractivity contribution in [2.75, 3.05) is 0 Å². The summed E-state index contributed by atoms with van der Waals surface area (Å²) in [5.41, 5.74) is 5.88. The molecule has 0 saturated heterocycles. The molecule has 1 aliphatic rings. The monoisotopic (exact) mass is 313 g/mol. The summed E-state index contributed by atoms with van der Waals surface area (Å²) in [7, 11) is 0. The van der Waals surface area contributed by atoms with Gasteiger partial charge in [0.2, 0.25) is 0 Å². The van der Waals surface area contributed by atoms with E-state index in [9.17, 15) is 0 Å². The number of rotatable bonds is 1. The van der Waals surface area contributed by atoms with Crippen molar-refractivity contribution in [2.24, 2.45) is 0 Å². The van der Waals surface area contributed by atoms with Crippen LogP contribution < -0.4 is 0 Å². The average molecular weight is 313 g/mol. The minimum absolute atomic E-state index is 1.02. The highest BCUT2D eigenvalue weighted by molar-refractivity contribution is 6.03. The van der Waals surface area contributed by atoms with Crippen LogP contribution in [0.25, 0.3) is 33.0 Å². The second kappa shape index (κ2) is 5.20. The lowest BCUT2D eigenvalue weighted by atomic mass is 9.92. The molecule has 0 N–H and O–H groups in total. The average Bonchev–Trinajstić information content (AvgIpc) is 3.02. The number of nitrogens with zero attached hydrogens (tertiary/aromatic N) is 1. The molecule has 118 valence electrons. The molecule has 0 atom stereocenters. The minimum atomic E-state index is 1.02. The molecule has 2 heterocycles. The van der Waals surface area contributed by atoms with Gasteiger partial charge in [-0.15, -0.1) is 0 Å². The van der Waals surface area contributed by atoms with Crippen LogP contribution in [0.3, 0.4) is 0 Å². The minimum Gasteiger partial charge on any atom is -0.460 e. The zero-order valence-electron chi connectivity index (χ0n) is 13.8. The summed E-state index contributed by atoms with van der Waals surface area (Å²) >= 11 is 0. The summed E-state index contributed by atoms with van der Waals surface area (Å²) in [5.74, 6) is 1.19. The second-order valence-corrected chi connectivity index (χ2v) is 6.73. The summed E-state index contributed by atoms with van der Waals surface area (Å²) in [5, 5.41) is 3.71. The molecule has 24 heavy (non-hydrogen) atoms. The molecule has 2 aromatic heterocycles. The lowest BCUT2D eigenvalue weighted by Gasteiger charge is -2.10. The van der Waals surface area contributed by atoms with Crippen LogP contribution in [0.15, 0.2) is 53.1 Å². The Balaban J connectivity index is 1.87. The normalized spacial score (nSPS) is 14.2.